The second kappa shape index (κ2) is 9.34. The smallest absolute Gasteiger partial charge is 0.229 e. The summed E-state index contributed by atoms with van der Waals surface area (Å²) in [4.78, 5) is 21.7. The standard InChI is InChI=1S/C23H20Cl3N3O/c24-16-8-6-14(7-9-16)19-13-27-23(29-22(30)15-4-2-1-3-5-15)28-21(19)18-11-10-17(25)12-20(18)26/h6-13,15H,1-5H2,(H,27,28,29,30). The number of carbonyl (C=O) groups excluding carboxylic acids is 1. The number of halogens is 3. The number of hydrogen-bond donors (Lipinski definition) is 1. The summed E-state index contributed by atoms with van der Waals surface area (Å²) >= 11 is 18.6. The number of aromatic nitrogens is 2. The summed E-state index contributed by atoms with van der Waals surface area (Å²) in [6.07, 6.45) is 6.87. The van der Waals surface area contributed by atoms with Crippen molar-refractivity contribution in [2.45, 2.75) is 32.1 Å². The molecule has 1 heterocycles. The van der Waals surface area contributed by atoms with Gasteiger partial charge in [-0.1, -0.05) is 66.2 Å². The first-order valence-corrected chi connectivity index (χ1v) is 11.0. The molecule has 1 aromatic heterocycles. The predicted molar refractivity (Wildman–Crippen MR) is 123 cm³/mol. The summed E-state index contributed by atoms with van der Waals surface area (Å²) < 4.78 is 0. The third-order valence-electron chi connectivity index (χ3n) is 5.34. The van der Waals surface area contributed by atoms with E-state index in [9.17, 15) is 4.79 Å². The summed E-state index contributed by atoms with van der Waals surface area (Å²) in [5, 5.41) is 4.54. The zero-order valence-corrected chi connectivity index (χ0v) is 18.4. The van der Waals surface area contributed by atoms with Gasteiger partial charge in [0.15, 0.2) is 0 Å². The van der Waals surface area contributed by atoms with Crippen LogP contribution in [-0.4, -0.2) is 15.9 Å². The highest BCUT2D eigenvalue weighted by molar-refractivity contribution is 6.36. The Bertz CT molecular complexity index is 1060. The molecular weight excluding hydrogens is 441 g/mol. The summed E-state index contributed by atoms with van der Waals surface area (Å²) in [5.41, 5.74) is 3.01. The summed E-state index contributed by atoms with van der Waals surface area (Å²) in [6.45, 7) is 0. The van der Waals surface area contributed by atoms with Crippen LogP contribution < -0.4 is 5.32 Å². The van der Waals surface area contributed by atoms with Crippen LogP contribution in [0, 0.1) is 5.92 Å². The molecule has 1 aliphatic rings. The molecule has 1 saturated carbocycles. The number of nitrogens with one attached hydrogen (secondary N) is 1. The van der Waals surface area contributed by atoms with Crippen LogP contribution >= 0.6 is 34.8 Å². The third kappa shape index (κ3) is 4.77. The van der Waals surface area contributed by atoms with Crippen LogP contribution in [-0.2, 0) is 4.79 Å². The van der Waals surface area contributed by atoms with Gasteiger partial charge in [-0.25, -0.2) is 9.97 Å². The Balaban J connectivity index is 1.73. The molecule has 154 valence electrons. The molecule has 30 heavy (non-hydrogen) atoms. The van der Waals surface area contributed by atoms with E-state index in [1.54, 1.807) is 18.3 Å². The number of rotatable bonds is 4. The SMILES string of the molecule is O=C(Nc1ncc(-c2ccc(Cl)cc2)c(-c2ccc(Cl)cc2Cl)n1)C1CCCCC1. The monoisotopic (exact) mass is 459 g/mol. The van der Waals surface area contributed by atoms with Gasteiger partial charge in [-0.3, -0.25) is 10.1 Å². The third-order valence-corrected chi connectivity index (χ3v) is 6.14. The molecule has 0 saturated heterocycles. The Morgan fingerprint density at radius 3 is 2.30 bits per heavy atom. The Labute approximate surface area is 190 Å². The molecule has 4 rings (SSSR count). The lowest BCUT2D eigenvalue weighted by atomic mass is 9.89. The predicted octanol–water partition coefficient (Wildman–Crippen LogP) is 7.29. The number of nitrogens with zero attached hydrogens (tertiary/aromatic N) is 2. The normalized spacial score (nSPS) is 14.5. The lowest BCUT2D eigenvalue weighted by Crippen LogP contribution is -2.25. The van der Waals surface area contributed by atoms with Gasteiger partial charge in [0.2, 0.25) is 11.9 Å². The molecule has 1 amide bonds. The molecule has 1 N–H and O–H groups in total. The first kappa shape index (κ1) is 21.1. The second-order valence-electron chi connectivity index (χ2n) is 7.41. The van der Waals surface area contributed by atoms with Crippen LogP contribution in [0.25, 0.3) is 22.4 Å². The number of amides is 1. The van der Waals surface area contributed by atoms with Crippen LogP contribution in [0.2, 0.25) is 15.1 Å². The van der Waals surface area contributed by atoms with E-state index in [-0.39, 0.29) is 17.8 Å². The van der Waals surface area contributed by atoms with Crippen LogP contribution in [0.4, 0.5) is 5.95 Å². The zero-order chi connectivity index (χ0) is 21.1. The molecule has 4 nitrogen and oxygen atoms in total. The molecule has 0 spiro atoms. The van der Waals surface area contributed by atoms with Gasteiger partial charge in [-0.15, -0.1) is 0 Å². The van der Waals surface area contributed by atoms with E-state index in [2.05, 4.69) is 15.3 Å². The molecule has 7 heteroatoms. The Kier molecular flexibility index (Phi) is 6.57. The highest BCUT2D eigenvalue weighted by Gasteiger charge is 2.22. The molecule has 0 aliphatic heterocycles. The van der Waals surface area contributed by atoms with E-state index in [0.717, 1.165) is 36.8 Å². The van der Waals surface area contributed by atoms with Crippen LogP contribution in [0.1, 0.15) is 32.1 Å². The first-order valence-electron chi connectivity index (χ1n) is 9.90. The van der Waals surface area contributed by atoms with Crippen molar-refractivity contribution in [1.29, 1.82) is 0 Å². The highest BCUT2D eigenvalue weighted by Crippen LogP contribution is 2.36. The van der Waals surface area contributed by atoms with Crippen molar-refractivity contribution in [1.82, 2.24) is 9.97 Å². The average Bonchev–Trinajstić information content (AvgIpc) is 2.75. The zero-order valence-electron chi connectivity index (χ0n) is 16.2. The van der Waals surface area contributed by atoms with E-state index in [1.165, 1.54) is 6.42 Å². The van der Waals surface area contributed by atoms with Gasteiger partial charge in [0.05, 0.1) is 10.7 Å². The van der Waals surface area contributed by atoms with E-state index in [0.29, 0.717) is 26.3 Å². The van der Waals surface area contributed by atoms with Crippen molar-refractivity contribution in [3.63, 3.8) is 0 Å². The summed E-state index contributed by atoms with van der Waals surface area (Å²) in [5.74, 6) is 0.257. The second-order valence-corrected chi connectivity index (χ2v) is 8.69. The van der Waals surface area contributed by atoms with Crippen LogP contribution in [0.5, 0.6) is 0 Å². The van der Waals surface area contributed by atoms with Crippen molar-refractivity contribution in [3.8, 4) is 22.4 Å². The number of anilines is 1. The minimum atomic E-state index is -0.0258. The molecule has 1 fully saturated rings. The molecule has 0 bridgehead atoms. The Morgan fingerprint density at radius 1 is 0.900 bits per heavy atom. The molecule has 1 aliphatic carbocycles. The van der Waals surface area contributed by atoms with E-state index < -0.39 is 0 Å². The molecule has 0 radical (unpaired) electrons. The minimum absolute atomic E-state index is 0.0147. The lowest BCUT2D eigenvalue weighted by molar-refractivity contribution is -0.120. The first-order chi connectivity index (χ1) is 14.5. The van der Waals surface area contributed by atoms with Gasteiger partial charge in [0.25, 0.3) is 0 Å². The molecule has 0 unspecified atom stereocenters. The number of carbonyl (C=O) groups is 1. The van der Waals surface area contributed by atoms with E-state index in [1.807, 2.05) is 30.3 Å². The van der Waals surface area contributed by atoms with Crippen molar-refractivity contribution in [2.24, 2.45) is 5.92 Å². The molecule has 3 aromatic rings. The minimum Gasteiger partial charge on any atom is -0.294 e. The van der Waals surface area contributed by atoms with Gasteiger partial charge >= 0.3 is 0 Å². The molecule has 2 aromatic carbocycles. The average molecular weight is 461 g/mol. The fourth-order valence-electron chi connectivity index (χ4n) is 3.75. The topological polar surface area (TPSA) is 54.9 Å². The highest BCUT2D eigenvalue weighted by atomic mass is 35.5. The summed E-state index contributed by atoms with van der Waals surface area (Å²) in [6, 6.07) is 12.7. The van der Waals surface area contributed by atoms with E-state index in [4.69, 9.17) is 34.8 Å². The molecule has 0 atom stereocenters. The molecular formula is C23H20Cl3N3O. The van der Waals surface area contributed by atoms with Crippen molar-refractivity contribution in [3.05, 3.63) is 63.7 Å². The van der Waals surface area contributed by atoms with Crippen LogP contribution in [0.3, 0.4) is 0 Å². The summed E-state index contributed by atoms with van der Waals surface area (Å²) in [7, 11) is 0. The number of hydrogen-bond acceptors (Lipinski definition) is 3. The number of benzene rings is 2. The maximum absolute atomic E-state index is 12.7. The maximum Gasteiger partial charge on any atom is 0.229 e. The Morgan fingerprint density at radius 2 is 1.60 bits per heavy atom. The van der Waals surface area contributed by atoms with Crippen molar-refractivity contribution >= 4 is 46.7 Å². The van der Waals surface area contributed by atoms with Crippen molar-refractivity contribution in [2.75, 3.05) is 5.32 Å². The van der Waals surface area contributed by atoms with Gasteiger partial charge < -0.3 is 0 Å². The van der Waals surface area contributed by atoms with Crippen LogP contribution in [0.15, 0.2) is 48.7 Å². The van der Waals surface area contributed by atoms with Gasteiger partial charge in [0.1, 0.15) is 0 Å². The lowest BCUT2D eigenvalue weighted by Gasteiger charge is -2.20. The maximum atomic E-state index is 12.7. The quantitative estimate of drug-likeness (QED) is 0.445. The fourth-order valence-corrected chi connectivity index (χ4v) is 4.37. The van der Waals surface area contributed by atoms with Gasteiger partial charge in [0, 0.05) is 33.3 Å². The fraction of sp³-hybridized carbons (Fsp3) is 0.261. The van der Waals surface area contributed by atoms with E-state index >= 15 is 0 Å². The van der Waals surface area contributed by atoms with Gasteiger partial charge in [-0.2, -0.15) is 0 Å². The van der Waals surface area contributed by atoms with Gasteiger partial charge in [-0.05, 0) is 48.7 Å². The largest absolute Gasteiger partial charge is 0.294 e. The Hall–Kier alpha value is -2.14. The van der Waals surface area contributed by atoms with Crippen molar-refractivity contribution < 1.29 is 4.79 Å².